The molecule has 0 aliphatic heterocycles. The van der Waals surface area contributed by atoms with E-state index in [1.54, 1.807) is 16.7 Å². The smallest absolute Gasteiger partial charge is 0.283 e. The summed E-state index contributed by atoms with van der Waals surface area (Å²) in [4.78, 5) is 16.6. The predicted octanol–water partition coefficient (Wildman–Crippen LogP) is 2.60. The van der Waals surface area contributed by atoms with Crippen molar-refractivity contribution in [2.75, 3.05) is 0 Å². The van der Waals surface area contributed by atoms with E-state index in [0.29, 0.717) is 9.27 Å². The molecule has 1 amide bonds. The Labute approximate surface area is 116 Å². The van der Waals surface area contributed by atoms with Crippen molar-refractivity contribution in [2.24, 2.45) is 12.0 Å². The lowest BCUT2D eigenvalue weighted by Gasteiger charge is -2.04. The molecule has 6 heteroatoms. The molecule has 1 N–H and O–H groups in total. The van der Waals surface area contributed by atoms with Crippen LogP contribution in [0.4, 0.5) is 0 Å². The zero-order chi connectivity index (χ0) is 13.3. The first-order valence-electron chi connectivity index (χ1n) is 5.17. The number of nitrogens with zero attached hydrogens (tertiary/aromatic N) is 2. The molecule has 1 heterocycles. The van der Waals surface area contributed by atoms with Crippen molar-refractivity contribution in [3.8, 4) is 5.75 Å². The van der Waals surface area contributed by atoms with Crippen LogP contribution in [0.2, 0.25) is 0 Å². The van der Waals surface area contributed by atoms with Crippen LogP contribution in [0, 0.1) is 6.92 Å². The second kappa shape index (κ2) is 5.07. The third-order valence-corrected chi connectivity index (χ3v) is 3.85. The van der Waals surface area contributed by atoms with E-state index in [2.05, 4.69) is 20.9 Å². The van der Waals surface area contributed by atoms with Gasteiger partial charge < -0.3 is 9.67 Å². The van der Waals surface area contributed by atoms with E-state index in [4.69, 9.17) is 0 Å². The summed E-state index contributed by atoms with van der Waals surface area (Å²) in [6, 6.07) is 3.37. The molecule has 0 unspecified atom stereocenters. The molecule has 1 aromatic heterocycles. The van der Waals surface area contributed by atoms with Gasteiger partial charge in [-0.1, -0.05) is 0 Å². The molecule has 2 aromatic rings. The van der Waals surface area contributed by atoms with Crippen molar-refractivity contribution in [1.29, 1.82) is 0 Å². The third-order valence-electron chi connectivity index (χ3n) is 2.39. The molecule has 0 radical (unpaired) electrons. The number of aromatic nitrogens is 1. The van der Waals surface area contributed by atoms with Crippen LogP contribution >= 0.6 is 27.3 Å². The van der Waals surface area contributed by atoms with Crippen LogP contribution in [-0.2, 0) is 7.05 Å². The molecule has 0 atom stereocenters. The van der Waals surface area contributed by atoms with E-state index in [0.717, 1.165) is 5.56 Å². The molecular weight excluding hydrogens is 316 g/mol. The van der Waals surface area contributed by atoms with Gasteiger partial charge in [0, 0.05) is 18.6 Å². The van der Waals surface area contributed by atoms with Crippen LogP contribution in [0.15, 0.2) is 33.2 Å². The van der Waals surface area contributed by atoms with Gasteiger partial charge in [-0.15, -0.1) is 11.3 Å². The van der Waals surface area contributed by atoms with Crippen molar-refractivity contribution < 1.29 is 9.90 Å². The minimum Gasteiger partial charge on any atom is -0.506 e. The fourth-order valence-electron chi connectivity index (χ4n) is 1.48. The number of rotatable bonds is 1. The van der Waals surface area contributed by atoms with Crippen LogP contribution in [0.3, 0.4) is 0 Å². The van der Waals surface area contributed by atoms with Crippen molar-refractivity contribution in [3.05, 3.63) is 44.1 Å². The fourth-order valence-corrected chi connectivity index (χ4v) is 2.78. The number of phenolic OH excluding ortho intramolecular Hbond substituents is 1. The lowest BCUT2D eigenvalue weighted by atomic mass is 10.1. The first kappa shape index (κ1) is 13.0. The number of benzene rings is 1. The fraction of sp³-hybridized carbons (Fsp3) is 0.167. The molecule has 0 spiro atoms. The summed E-state index contributed by atoms with van der Waals surface area (Å²) in [6.45, 7) is 1.85. The van der Waals surface area contributed by atoms with Crippen LogP contribution in [0.5, 0.6) is 5.75 Å². The highest BCUT2D eigenvalue weighted by Gasteiger charge is 2.13. The van der Waals surface area contributed by atoms with Crippen LogP contribution in [-0.4, -0.2) is 15.6 Å². The molecule has 0 saturated carbocycles. The van der Waals surface area contributed by atoms with Crippen molar-refractivity contribution in [2.45, 2.75) is 6.92 Å². The summed E-state index contributed by atoms with van der Waals surface area (Å²) in [5, 5.41) is 11.7. The first-order valence-corrected chi connectivity index (χ1v) is 6.84. The molecule has 94 valence electrons. The maximum Gasteiger partial charge on any atom is 0.283 e. The Kier molecular flexibility index (Phi) is 3.68. The van der Waals surface area contributed by atoms with Crippen LogP contribution in [0.1, 0.15) is 15.9 Å². The average molecular weight is 327 g/mol. The highest BCUT2D eigenvalue weighted by Crippen LogP contribution is 2.29. The van der Waals surface area contributed by atoms with E-state index in [-0.39, 0.29) is 11.3 Å². The second-order valence-corrected chi connectivity index (χ2v) is 5.58. The van der Waals surface area contributed by atoms with Gasteiger partial charge in [-0.05, 0) is 40.5 Å². The zero-order valence-electron chi connectivity index (χ0n) is 9.85. The lowest BCUT2D eigenvalue weighted by molar-refractivity contribution is 0.0995. The van der Waals surface area contributed by atoms with E-state index < -0.39 is 5.91 Å². The molecule has 2 rings (SSSR count). The number of hydrogen-bond acceptors (Lipinski definition) is 3. The number of carbonyl (C=O) groups excluding carboxylic acids is 1. The summed E-state index contributed by atoms with van der Waals surface area (Å²) in [5.74, 6) is -0.525. The zero-order valence-corrected chi connectivity index (χ0v) is 12.2. The molecule has 18 heavy (non-hydrogen) atoms. The van der Waals surface area contributed by atoms with Crippen LogP contribution in [0.25, 0.3) is 0 Å². The monoisotopic (exact) mass is 326 g/mol. The SMILES string of the molecule is Cc1cc(Br)c(O)c(C(=O)N=c2sccn2C)c1. The minimum absolute atomic E-state index is 0.0754. The molecule has 0 bridgehead atoms. The van der Waals surface area contributed by atoms with Gasteiger partial charge in [0.2, 0.25) is 0 Å². The lowest BCUT2D eigenvalue weighted by Crippen LogP contribution is -2.12. The van der Waals surface area contributed by atoms with Crippen molar-refractivity contribution in [1.82, 2.24) is 4.57 Å². The van der Waals surface area contributed by atoms with Gasteiger partial charge in [0.15, 0.2) is 4.80 Å². The molecule has 0 aliphatic carbocycles. The van der Waals surface area contributed by atoms with Gasteiger partial charge in [-0.2, -0.15) is 4.99 Å². The number of aromatic hydroxyl groups is 1. The highest BCUT2D eigenvalue weighted by atomic mass is 79.9. The normalized spacial score (nSPS) is 11.8. The van der Waals surface area contributed by atoms with Gasteiger partial charge in [0.25, 0.3) is 5.91 Å². The number of amides is 1. The number of carbonyl (C=O) groups is 1. The van der Waals surface area contributed by atoms with Gasteiger partial charge in [0.05, 0.1) is 10.0 Å². The van der Waals surface area contributed by atoms with E-state index in [1.165, 1.54) is 11.3 Å². The summed E-state index contributed by atoms with van der Waals surface area (Å²) in [6.07, 6.45) is 1.82. The molecule has 0 fully saturated rings. The van der Waals surface area contributed by atoms with E-state index in [9.17, 15) is 9.90 Å². The first-order chi connectivity index (χ1) is 8.49. The predicted molar refractivity (Wildman–Crippen MR) is 73.7 cm³/mol. The maximum absolute atomic E-state index is 12.0. The number of phenols is 1. The Morgan fingerprint density at radius 2 is 2.22 bits per heavy atom. The third kappa shape index (κ3) is 2.54. The molecule has 0 aliphatic rings. The van der Waals surface area contributed by atoms with Gasteiger partial charge in [-0.3, -0.25) is 4.79 Å². The minimum atomic E-state index is -0.449. The van der Waals surface area contributed by atoms with Gasteiger partial charge >= 0.3 is 0 Å². The summed E-state index contributed by atoms with van der Waals surface area (Å²) in [7, 11) is 1.81. The Hall–Kier alpha value is -1.40. The van der Waals surface area contributed by atoms with Crippen molar-refractivity contribution >= 4 is 33.2 Å². The Morgan fingerprint density at radius 1 is 1.50 bits per heavy atom. The number of hydrogen-bond donors (Lipinski definition) is 1. The second-order valence-electron chi connectivity index (χ2n) is 3.86. The summed E-state index contributed by atoms with van der Waals surface area (Å²) < 4.78 is 2.25. The standard InChI is InChI=1S/C12H11BrN2O2S/c1-7-5-8(10(16)9(13)6-7)11(17)14-12-15(2)3-4-18-12/h3-6,16H,1-2H3. The summed E-state index contributed by atoms with van der Waals surface area (Å²) >= 11 is 4.58. The Balaban J connectivity index is 2.51. The molecule has 4 nitrogen and oxygen atoms in total. The maximum atomic E-state index is 12.0. The highest BCUT2D eigenvalue weighted by molar-refractivity contribution is 9.10. The number of thiazole rings is 1. The average Bonchev–Trinajstić information content (AvgIpc) is 2.69. The molecular formula is C12H11BrN2O2S. The van der Waals surface area contributed by atoms with Crippen LogP contribution < -0.4 is 4.80 Å². The molecule has 0 saturated heterocycles. The van der Waals surface area contributed by atoms with Crippen molar-refractivity contribution in [3.63, 3.8) is 0 Å². The van der Waals surface area contributed by atoms with E-state index >= 15 is 0 Å². The largest absolute Gasteiger partial charge is 0.506 e. The van der Waals surface area contributed by atoms with Gasteiger partial charge in [-0.25, -0.2) is 0 Å². The van der Waals surface area contributed by atoms with E-state index in [1.807, 2.05) is 25.5 Å². The summed E-state index contributed by atoms with van der Waals surface area (Å²) in [5.41, 5.74) is 1.09. The Morgan fingerprint density at radius 3 is 2.83 bits per heavy atom. The Bertz CT molecular complexity index is 673. The van der Waals surface area contributed by atoms with Gasteiger partial charge in [0.1, 0.15) is 5.75 Å². The quantitative estimate of drug-likeness (QED) is 0.875. The molecule has 1 aromatic carbocycles. The topological polar surface area (TPSA) is 54.6 Å². The number of halogens is 1. The number of aryl methyl sites for hydroxylation is 2.